The van der Waals surface area contributed by atoms with Gasteiger partial charge in [-0.15, -0.1) is 11.3 Å². The van der Waals surface area contributed by atoms with Crippen LogP contribution in [-0.4, -0.2) is 42.7 Å². The van der Waals surface area contributed by atoms with Crippen LogP contribution < -0.4 is 5.32 Å². The van der Waals surface area contributed by atoms with Crippen LogP contribution in [0.25, 0.3) is 0 Å². The Kier molecular flexibility index (Phi) is 5.56. The summed E-state index contributed by atoms with van der Waals surface area (Å²) in [5.41, 5.74) is 1.18. The lowest BCUT2D eigenvalue weighted by Gasteiger charge is -2.17. The van der Waals surface area contributed by atoms with E-state index in [1.165, 1.54) is 18.7 Å². The van der Waals surface area contributed by atoms with Crippen LogP contribution in [0, 0.1) is 0 Å². The molecule has 0 amide bonds. The monoisotopic (exact) mass is 269 g/mol. The normalized spacial score (nSPS) is 19.7. The largest absolute Gasteiger partial charge is 0.372 e. The second kappa shape index (κ2) is 7.19. The molecule has 0 aliphatic carbocycles. The lowest BCUT2D eigenvalue weighted by Crippen LogP contribution is -2.27. The molecular weight excluding hydrogens is 246 g/mol. The predicted molar refractivity (Wildman–Crippen MR) is 74.9 cm³/mol. The summed E-state index contributed by atoms with van der Waals surface area (Å²) in [7, 11) is 0. The number of hydrogen-bond donors (Lipinski definition) is 1. The summed E-state index contributed by atoms with van der Waals surface area (Å²) in [5, 5.41) is 6.69. The molecule has 1 N–H and O–H groups in total. The zero-order chi connectivity index (χ0) is 12.8. The Hall–Kier alpha value is -0.490. The smallest absolute Gasteiger partial charge is 0.122 e. The molecule has 0 aromatic carbocycles. The van der Waals surface area contributed by atoms with Crippen molar-refractivity contribution in [3.05, 3.63) is 16.1 Å². The molecule has 18 heavy (non-hydrogen) atoms. The highest BCUT2D eigenvalue weighted by Crippen LogP contribution is 2.21. The van der Waals surface area contributed by atoms with Crippen molar-refractivity contribution < 1.29 is 4.74 Å². The van der Waals surface area contributed by atoms with Crippen LogP contribution in [0.5, 0.6) is 0 Å². The fraction of sp³-hybridized carbons (Fsp3) is 0.769. The van der Waals surface area contributed by atoms with Gasteiger partial charge in [0.05, 0.1) is 5.69 Å². The van der Waals surface area contributed by atoms with Gasteiger partial charge in [0.2, 0.25) is 0 Å². The highest BCUT2D eigenvalue weighted by Gasteiger charge is 2.13. The maximum Gasteiger partial charge on any atom is 0.122 e. The van der Waals surface area contributed by atoms with E-state index < -0.39 is 0 Å². The summed E-state index contributed by atoms with van der Waals surface area (Å²) in [6.45, 7) is 10.3. The maximum absolute atomic E-state index is 5.58. The highest BCUT2D eigenvalue weighted by molar-refractivity contribution is 7.09. The van der Waals surface area contributed by atoms with E-state index in [9.17, 15) is 0 Å². The predicted octanol–water partition coefficient (Wildman–Crippen LogP) is 2.04. The molecule has 102 valence electrons. The van der Waals surface area contributed by atoms with Crippen molar-refractivity contribution >= 4 is 11.3 Å². The van der Waals surface area contributed by atoms with E-state index in [1.54, 1.807) is 11.3 Å². The standard InChI is InChI=1S/C13H23N3OS/c1-3-17-11(2)13-15-12(10-18-13)9-16-7-4-5-14-6-8-16/h10-11,14H,3-9H2,1-2H3. The molecule has 1 aliphatic heterocycles. The highest BCUT2D eigenvalue weighted by atomic mass is 32.1. The second-order valence-corrected chi connectivity index (χ2v) is 5.54. The fourth-order valence-corrected chi connectivity index (χ4v) is 3.01. The molecule has 0 saturated carbocycles. The van der Waals surface area contributed by atoms with Crippen molar-refractivity contribution in [1.29, 1.82) is 0 Å². The average molecular weight is 269 g/mol. The summed E-state index contributed by atoms with van der Waals surface area (Å²) < 4.78 is 5.58. The number of thiazole rings is 1. The van der Waals surface area contributed by atoms with Crippen LogP contribution in [0.4, 0.5) is 0 Å². The SMILES string of the molecule is CCOC(C)c1nc(CN2CCCNCC2)cs1. The quantitative estimate of drug-likeness (QED) is 0.887. The molecule has 1 aliphatic rings. The molecule has 1 saturated heterocycles. The third-order valence-electron chi connectivity index (χ3n) is 3.15. The minimum Gasteiger partial charge on any atom is -0.372 e. The minimum absolute atomic E-state index is 0.125. The van der Waals surface area contributed by atoms with E-state index in [4.69, 9.17) is 4.74 Å². The van der Waals surface area contributed by atoms with Gasteiger partial charge in [-0.3, -0.25) is 4.90 Å². The number of hydrogen-bond acceptors (Lipinski definition) is 5. The Labute approximate surface area is 113 Å². The zero-order valence-electron chi connectivity index (χ0n) is 11.3. The van der Waals surface area contributed by atoms with Crippen molar-refractivity contribution in [3.63, 3.8) is 0 Å². The van der Waals surface area contributed by atoms with E-state index in [2.05, 4.69) is 27.5 Å². The first kappa shape index (κ1) is 13.9. The van der Waals surface area contributed by atoms with E-state index in [-0.39, 0.29) is 6.10 Å². The topological polar surface area (TPSA) is 37.4 Å². The number of rotatable bonds is 5. The van der Waals surface area contributed by atoms with Gasteiger partial charge in [-0.25, -0.2) is 4.98 Å². The molecule has 1 atom stereocenters. The molecule has 0 radical (unpaired) electrons. The molecular formula is C13H23N3OS. The average Bonchev–Trinajstić information content (AvgIpc) is 2.67. The van der Waals surface area contributed by atoms with Gasteiger partial charge in [0, 0.05) is 31.6 Å². The number of ether oxygens (including phenoxy) is 1. The molecule has 1 fully saturated rings. The number of nitrogens with one attached hydrogen (secondary N) is 1. The van der Waals surface area contributed by atoms with Crippen molar-refractivity contribution in [2.24, 2.45) is 0 Å². The summed E-state index contributed by atoms with van der Waals surface area (Å²) in [6.07, 6.45) is 1.35. The zero-order valence-corrected chi connectivity index (χ0v) is 12.1. The van der Waals surface area contributed by atoms with Crippen molar-refractivity contribution in [1.82, 2.24) is 15.2 Å². The molecule has 1 aromatic heterocycles. The lowest BCUT2D eigenvalue weighted by molar-refractivity contribution is 0.0760. The third-order valence-corrected chi connectivity index (χ3v) is 4.21. The van der Waals surface area contributed by atoms with Crippen LogP contribution in [0.2, 0.25) is 0 Å². The molecule has 2 heterocycles. The molecule has 2 rings (SSSR count). The maximum atomic E-state index is 5.58. The van der Waals surface area contributed by atoms with E-state index in [0.717, 1.165) is 37.8 Å². The first-order valence-electron chi connectivity index (χ1n) is 6.78. The summed E-state index contributed by atoms with van der Waals surface area (Å²) in [6, 6.07) is 0. The van der Waals surface area contributed by atoms with Crippen LogP contribution in [0.1, 0.15) is 37.1 Å². The fourth-order valence-electron chi connectivity index (χ4n) is 2.19. The molecule has 4 nitrogen and oxygen atoms in total. The van der Waals surface area contributed by atoms with E-state index >= 15 is 0 Å². The van der Waals surface area contributed by atoms with Gasteiger partial charge in [0.25, 0.3) is 0 Å². The molecule has 0 spiro atoms. The van der Waals surface area contributed by atoms with Gasteiger partial charge in [-0.1, -0.05) is 0 Å². The number of nitrogens with zero attached hydrogens (tertiary/aromatic N) is 2. The van der Waals surface area contributed by atoms with E-state index in [1.807, 2.05) is 6.92 Å². The minimum atomic E-state index is 0.125. The van der Waals surface area contributed by atoms with Crippen LogP contribution in [-0.2, 0) is 11.3 Å². The van der Waals surface area contributed by atoms with Gasteiger partial charge in [0.15, 0.2) is 0 Å². The summed E-state index contributed by atoms with van der Waals surface area (Å²) >= 11 is 1.71. The summed E-state index contributed by atoms with van der Waals surface area (Å²) in [5.74, 6) is 0. The van der Waals surface area contributed by atoms with Crippen LogP contribution >= 0.6 is 11.3 Å². The van der Waals surface area contributed by atoms with Gasteiger partial charge in [-0.2, -0.15) is 0 Å². The van der Waals surface area contributed by atoms with Gasteiger partial charge >= 0.3 is 0 Å². The van der Waals surface area contributed by atoms with Crippen molar-refractivity contribution in [2.75, 3.05) is 32.8 Å². The Bertz CT molecular complexity index is 348. The molecule has 0 bridgehead atoms. The Morgan fingerprint density at radius 1 is 1.50 bits per heavy atom. The Balaban J connectivity index is 1.89. The van der Waals surface area contributed by atoms with E-state index in [0.29, 0.717) is 0 Å². The Morgan fingerprint density at radius 2 is 2.39 bits per heavy atom. The second-order valence-electron chi connectivity index (χ2n) is 4.65. The molecule has 1 unspecified atom stereocenters. The van der Waals surface area contributed by atoms with Gasteiger partial charge in [0.1, 0.15) is 11.1 Å². The van der Waals surface area contributed by atoms with Gasteiger partial charge in [-0.05, 0) is 33.4 Å². The third kappa shape index (κ3) is 4.02. The molecule has 5 heteroatoms. The van der Waals surface area contributed by atoms with Crippen molar-refractivity contribution in [2.45, 2.75) is 32.9 Å². The lowest BCUT2D eigenvalue weighted by atomic mass is 10.3. The Morgan fingerprint density at radius 3 is 3.22 bits per heavy atom. The van der Waals surface area contributed by atoms with Crippen molar-refractivity contribution in [3.8, 4) is 0 Å². The number of aromatic nitrogens is 1. The van der Waals surface area contributed by atoms with Gasteiger partial charge < -0.3 is 10.1 Å². The van der Waals surface area contributed by atoms with Crippen LogP contribution in [0.15, 0.2) is 5.38 Å². The first-order valence-corrected chi connectivity index (χ1v) is 7.66. The first-order chi connectivity index (χ1) is 8.79. The summed E-state index contributed by atoms with van der Waals surface area (Å²) in [4.78, 5) is 7.16. The molecule has 1 aromatic rings. The van der Waals surface area contributed by atoms with Crippen LogP contribution in [0.3, 0.4) is 0 Å².